The number of likely N-dealkylation sites (tertiary alicyclic amines) is 1. The minimum atomic E-state index is -1.25. The van der Waals surface area contributed by atoms with Crippen LogP contribution in [0.3, 0.4) is 0 Å². The summed E-state index contributed by atoms with van der Waals surface area (Å²) < 4.78 is 0.181. The third-order valence-corrected chi connectivity index (χ3v) is 6.01. The zero-order chi connectivity index (χ0) is 21.3. The molecule has 2 aliphatic rings. The smallest absolute Gasteiger partial charge is 0.326 e. The molecule has 2 heterocycles. The molecule has 2 aliphatic heterocycles. The van der Waals surface area contributed by atoms with Gasteiger partial charge >= 0.3 is 5.97 Å². The van der Waals surface area contributed by atoms with Crippen LogP contribution in [0.25, 0.3) is 6.08 Å². The van der Waals surface area contributed by atoms with Gasteiger partial charge in [0.05, 0.1) is 11.3 Å². The van der Waals surface area contributed by atoms with Gasteiger partial charge in [0.15, 0.2) is 0 Å². The Morgan fingerprint density at radius 1 is 1.28 bits per heavy atom. The average molecular weight is 433 g/mol. The molecule has 0 bridgehead atoms. The molecule has 2 saturated heterocycles. The quantitative estimate of drug-likeness (QED) is 0.419. The van der Waals surface area contributed by atoms with Crippen molar-refractivity contribution in [1.82, 2.24) is 9.80 Å². The van der Waals surface area contributed by atoms with Crippen molar-refractivity contribution in [2.45, 2.75) is 38.8 Å². The van der Waals surface area contributed by atoms with E-state index >= 15 is 0 Å². The van der Waals surface area contributed by atoms with Crippen molar-refractivity contribution < 1.29 is 24.3 Å². The highest BCUT2D eigenvalue weighted by molar-refractivity contribution is 8.26. The minimum Gasteiger partial charge on any atom is -0.480 e. The molecule has 0 radical (unpaired) electrons. The topological polar surface area (TPSA) is 95.0 Å². The molecule has 29 heavy (non-hydrogen) atoms. The molecule has 3 amide bonds. The lowest BCUT2D eigenvalue weighted by atomic mass is 10.0. The van der Waals surface area contributed by atoms with Crippen molar-refractivity contribution in [1.29, 1.82) is 0 Å². The standard InChI is InChI=1S/C20H20N2O5S2/c1-11(2)8-14(19(26)27)21-16(23)10-13(17(21)24)22-18(25)15(29-20(22)28)9-12-6-4-3-5-7-12/h3-7,9,11,13-14H,8,10H2,1-2H3,(H,26,27). The zero-order valence-corrected chi connectivity index (χ0v) is 17.5. The number of thiocarbonyl (C=S) groups is 1. The SMILES string of the molecule is CC(C)CC(C(=O)O)N1C(=O)CC(N2C(=O)C(=Cc3ccccc3)SC2=S)C1=O. The third kappa shape index (κ3) is 4.25. The number of carboxylic acid groups (broad SMARTS) is 1. The van der Waals surface area contributed by atoms with Gasteiger partial charge in [0.25, 0.3) is 11.8 Å². The fourth-order valence-electron chi connectivity index (χ4n) is 3.38. The number of aliphatic carboxylic acids is 1. The predicted molar refractivity (Wildman–Crippen MR) is 113 cm³/mol. The summed E-state index contributed by atoms with van der Waals surface area (Å²) in [7, 11) is 0. The number of carbonyl (C=O) groups excluding carboxylic acids is 3. The van der Waals surface area contributed by atoms with Crippen molar-refractivity contribution >= 4 is 58.1 Å². The van der Waals surface area contributed by atoms with Gasteiger partial charge in [-0.2, -0.15) is 0 Å². The Bertz CT molecular complexity index is 913. The molecule has 0 saturated carbocycles. The first-order valence-electron chi connectivity index (χ1n) is 9.11. The molecule has 0 aromatic heterocycles. The lowest BCUT2D eigenvalue weighted by Crippen LogP contribution is -2.49. The van der Waals surface area contributed by atoms with E-state index in [0.717, 1.165) is 27.1 Å². The second-order valence-corrected chi connectivity index (χ2v) is 8.94. The van der Waals surface area contributed by atoms with Crippen LogP contribution in [0.5, 0.6) is 0 Å². The molecular weight excluding hydrogens is 412 g/mol. The summed E-state index contributed by atoms with van der Waals surface area (Å²) in [5.74, 6) is -3.02. The first kappa shape index (κ1) is 21.2. The highest BCUT2D eigenvalue weighted by atomic mass is 32.2. The van der Waals surface area contributed by atoms with E-state index in [1.165, 1.54) is 0 Å². The molecule has 2 atom stereocenters. The van der Waals surface area contributed by atoms with Crippen LogP contribution in [0.15, 0.2) is 35.2 Å². The summed E-state index contributed by atoms with van der Waals surface area (Å²) in [6.07, 6.45) is 1.55. The molecule has 2 fully saturated rings. The number of amides is 3. The van der Waals surface area contributed by atoms with Crippen LogP contribution in [-0.4, -0.2) is 55.0 Å². The van der Waals surface area contributed by atoms with Crippen LogP contribution in [0.2, 0.25) is 0 Å². The first-order valence-corrected chi connectivity index (χ1v) is 10.3. The van der Waals surface area contributed by atoms with Gasteiger partial charge in [-0.25, -0.2) is 4.79 Å². The van der Waals surface area contributed by atoms with Gasteiger partial charge in [0, 0.05) is 0 Å². The number of benzene rings is 1. The third-order valence-electron chi connectivity index (χ3n) is 4.68. The molecule has 1 aromatic carbocycles. The highest BCUT2D eigenvalue weighted by Gasteiger charge is 2.51. The fraction of sp³-hybridized carbons (Fsp3) is 0.350. The van der Waals surface area contributed by atoms with E-state index in [-0.39, 0.29) is 23.1 Å². The predicted octanol–water partition coefficient (Wildman–Crippen LogP) is 2.51. The number of carboxylic acids is 1. The minimum absolute atomic E-state index is 0.0267. The van der Waals surface area contributed by atoms with Crippen LogP contribution < -0.4 is 0 Å². The average Bonchev–Trinajstić information content (AvgIpc) is 3.08. The second kappa shape index (κ2) is 8.46. The first-order chi connectivity index (χ1) is 13.7. The normalized spacial score (nSPS) is 22.3. The van der Waals surface area contributed by atoms with Crippen LogP contribution in [0.1, 0.15) is 32.3 Å². The van der Waals surface area contributed by atoms with E-state index in [0.29, 0.717) is 4.91 Å². The van der Waals surface area contributed by atoms with E-state index in [1.54, 1.807) is 6.08 Å². The Morgan fingerprint density at radius 3 is 2.52 bits per heavy atom. The number of carbonyl (C=O) groups is 4. The van der Waals surface area contributed by atoms with Gasteiger partial charge in [-0.05, 0) is 24.0 Å². The number of imide groups is 1. The largest absolute Gasteiger partial charge is 0.480 e. The van der Waals surface area contributed by atoms with Crippen LogP contribution >= 0.6 is 24.0 Å². The maximum Gasteiger partial charge on any atom is 0.326 e. The van der Waals surface area contributed by atoms with E-state index in [2.05, 4.69) is 0 Å². The second-order valence-electron chi connectivity index (χ2n) is 7.27. The Labute approximate surface area is 177 Å². The van der Waals surface area contributed by atoms with Gasteiger partial charge in [0.2, 0.25) is 5.91 Å². The molecule has 1 N–H and O–H groups in total. The lowest BCUT2D eigenvalue weighted by Gasteiger charge is -2.26. The van der Waals surface area contributed by atoms with Gasteiger partial charge in [0.1, 0.15) is 16.4 Å². The lowest BCUT2D eigenvalue weighted by molar-refractivity contribution is -0.155. The molecule has 0 aliphatic carbocycles. The van der Waals surface area contributed by atoms with Crippen LogP contribution in [0, 0.1) is 5.92 Å². The van der Waals surface area contributed by atoms with Crippen LogP contribution in [-0.2, 0) is 19.2 Å². The van der Waals surface area contributed by atoms with Crippen molar-refractivity contribution in [2.24, 2.45) is 5.92 Å². The molecule has 152 valence electrons. The Morgan fingerprint density at radius 2 is 1.93 bits per heavy atom. The Kier molecular flexibility index (Phi) is 6.18. The molecule has 7 nitrogen and oxygen atoms in total. The monoisotopic (exact) mass is 432 g/mol. The number of hydrogen-bond donors (Lipinski definition) is 1. The fourth-order valence-corrected chi connectivity index (χ4v) is 4.73. The zero-order valence-electron chi connectivity index (χ0n) is 15.9. The van der Waals surface area contributed by atoms with Gasteiger partial charge in [-0.1, -0.05) is 68.2 Å². The van der Waals surface area contributed by atoms with Crippen molar-refractivity contribution in [2.75, 3.05) is 0 Å². The number of hydrogen-bond acceptors (Lipinski definition) is 6. The van der Waals surface area contributed by atoms with E-state index in [4.69, 9.17) is 12.2 Å². The molecule has 0 spiro atoms. The maximum absolute atomic E-state index is 12.9. The van der Waals surface area contributed by atoms with Crippen molar-refractivity contribution in [3.05, 3.63) is 40.8 Å². The van der Waals surface area contributed by atoms with Gasteiger partial charge < -0.3 is 5.11 Å². The van der Waals surface area contributed by atoms with Crippen molar-refractivity contribution in [3.63, 3.8) is 0 Å². The van der Waals surface area contributed by atoms with E-state index in [1.807, 2.05) is 44.2 Å². The Hall–Kier alpha value is -2.52. The van der Waals surface area contributed by atoms with Gasteiger partial charge in [-0.3, -0.25) is 24.2 Å². The molecule has 9 heteroatoms. The summed E-state index contributed by atoms with van der Waals surface area (Å²) in [4.78, 5) is 52.3. The molecular formula is C20H20N2O5S2. The summed E-state index contributed by atoms with van der Waals surface area (Å²) in [5, 5.41) is 9.51. The summed E-state index contributed by atoms with van der Waals surface area (Å²) in [6, 6.07) is 6.85. The number of thioether (sulfide) groups is 1. The number of nitrogens with zero attached hydrogens (tertiary/aromatic N) is 2. The van der Waals surface area contributed by atoms with Gasteiger partial charge in [-0.15, -0.1) is 0 Å². The number of rotatable bonds is 6. The molecule has 1 aromatic rings. The Balaban J connectivity index is 1.85. The van der Waals surface area contributed by atoms with Crippen molar-refractivity contribution in [3.8, 4) is 0 Å². The van der Waals surface area contributed by atoms with E-state index < -0.39 is 35.8 Å². The summed E-state index contributed by atoms with van der Waals surface area (Å²) >= 11 is 6.36. The molecule has 3 rings (SSSR count). The summed E-state index contributed by atoms with van der Waals surface area (Å²) in [6.45, 7) is 3.63. The van der Waals surface area contributed by atoms with Crippen LogP contribution in [0.4, 0.5) is 0 Å². The van der Waals surface area contributed by atoms with E-state index in [9.17, 15) is 24.3 Å². The maximum atomic E-state index is 12.9. The molecule has 2 unspecified atom stereocenters. The summed E-state index contributed by atoms with van der Waals surface area (Å²) in [5.41, 5.74) is 0.811. The highest BCUT2D eigenvalue weighted by Crippen LogP contribution is 2.37.